The van der Waals surface area contributed by atoms with E-state index >= 15 is 0 Å². The van der Waals surface area contributed by atoms with Crippen LogP contribution in [0.2, 0.25) is 0 Å². The fourth-order valence-electron chi connectivity index (χ4n) is 2.35. The zero-order valence-corrected chi connectivity index (χ0v) is 15.1. The quantitative estimate of drug-likeness (QED) is 0.632. The molecule has 0 bridgehead atoms. The Morgan fingerprint density at radius 3 is 2.05 bits per heavy atom. The number of hydrogen-bond donors (Lipinski definition) is 1. The molecule has 1 N–H and O–H groups in total. The largest absolute Gasteiger partial charge is 0.314 e. The van der Waals surface area contributed by atoms with Crippen molar-refractivity contribution in [3.05, 3.63) is 0 Å². The average molecular weight is 306 g/mol. The van der Waals surface area contributed by atoms with Crippen LogP contribution in [0.3, 0.4) is 0 Å². The molecule has 0 aliphatic carbocycles. The Balaban J connectivity index is 4.81. The van der Waals surface area contributed by atoms with Gasteiger partial charge in [0, 0.05) is 12.6 Å². The molecule has 0 aliphatic rings. The molecular weight excluding hydrogens is 270 g/mol. The normalized spacial score (nSPS) is 15.8. The molecule has 0 aromatic heterocycles. The van der Waals surface area contributed by atoms with Gasteiger partial charge in [0.1, 0.15) is 0 Å². The van der Waals surface area contributed by atoms with Crippen molar-refractivity contribution in [2.24, 2.45) is 5.41 Å². The summed E-state index contributed by atoms with van der Waals surface area (Å²) in [7, 11) is -2.93. The van der Waals surface area contributed by atoms with E-state index in [-0.39, 0.29) is 10.7 Å². The Morgan fingerprint density at radius 1 is 1.05 bits per heavy atom. The van der Waals surface area contributed by atoms with Gasteiger partial charge in [-0.2, -0.15) is 0 Å². The minimum atomic E-state index is -2.93. The fraction of sp³-hybridized carbons (Fsp3) is 1.00. The number of rotatable bonds is 11. The first-order valence-corrected chi connectivity index (χ1v) is 9.85. The first-order valence-electron chi connectivity index (χ1n) is 8.14. The molecule has 0 saturated carbocycles. The summed E-state index contributed by atoms with van der Waals surface area (Å²) < 4.78 is 24.2. The van der Waals surface area contributed by atoms with Crippen molar-refractivity contribution < 1.29 is 8.42 Å². The van der Waals surface area contributed by atoms with Gasteiger partial charge in [0.05, 0.1) is 11.0 Å². The second-order valence-corrected chi connectivity index (χ2v) is 9.34. The van der Waals surface area contributed by atoms with E-state index in [1.807, 2.05) is 0 Å². The molecule has 0 aliphatic heterocycles. The first-order chi connectivity index (χ1) is 9.19. The fourth-order valence-corrected chi connectivity index (χ4v) is 3.54. The summed E-state index contributed by atoms with van der Waals surface area (Å²) >= 11 is 0. The number of hydrogen-bond acceptors (Lipinski definition) is 3. The van der Waals surface area contributed by atoms with Gasteiger partial charge >= 0.3 is 0 Å². The standard InChI is InChI=1S/C16H35NO2S/c1-7-9-10-16(8-2,13-17-14(3)4)11-12-20(18,19)15(5)6/h14-15,17H,7-13H2,1-6H3. The van der Waals surface area contributed by atoms with Gasteiger partial charge in [-0.15, -0.1) is 0 Å². The molecule has 0 saturated heterocycles. The Bertz CT molecular complexity index is 349. The van der Waals surface area contributed by atoms with Crippen LogP contribution >= 0.6 is 0 Å². The number of unbranched alkanes of at least 4 members (excludes halogenated alkanes) is 1. The molecule has 20 heavy (non-hydrogen) atoms. The van der Waals surface area contributed by atoms with Crippen molar-refractivity contribution in [1.82, 2.24) is 5.32 Å². The summed E-state index contributed by atoms with van der Waals surface area (Å²) in [6.07, 6.45) is 5.28. The summed E-state index contributed by atoms with van der Waals surface area (Å²) in [6, 6.07) is 0.448. The summed E-state index contributed by atoms with van der Waals surface area (Å²) in [5.74, 6) is 0.321. The van der Waals surface area contributed by atoms with Crippen LogP contribution in [0, 0.1) is 5.41 Å². The zero-order valence-electron chi connectivity index (χ0n) is 14.3. The molecule has 0 heterocycles. The van der Waals surface area contributed by atoms with Crippen LogP contribution in [-0.4, -0.2) is 32.0 Å². The minimum absolute atomic E-state index is 0.127. The second kappa shape index (κ2) is 9.04. The van der Waals surface area contributed by atoms with Crippen LogP contribution in [-0.2, 0) is 9.84 Å². The molecule has 0 rings (SSSR count). The van der Waals surface area contributed by atoms with Gasteiger partial charge in [0.15, 0.2) is 9.84 Å². The van der Waals surface area contributed by atoms with Crippen molar-refractivity contribution >= 4 is 9.84 Å². The Hall–Kier alpha value is -0.0900. The lowest BCUT2D eigenvalue weighted by molar-refractivity contribution is 0.216. The topological polar surface area (TPSA) is 46.2 Å². The highest BCUT2D eigenvalue weighted by Crippen LogP contribution is 2.33. The lowest BCUT2D eigenvalue weighted by atomic mass is 9.77. The summed E-state index contributed by atoms with van der Waals surface area (Å²) in [4.78, 5) is 0. The van der Waals surface area contributed by atoms with Crippen LogP contribution in [0.1, 0.15) is 73.6 Å². The molecule has 1 atom stereocenters. The Labute approximate surface area is 126 Å². The van der Waals surface area contributed by atoms with Crippen LogP contribution in [0.15, 0.2) is 0 Å². The Kier molecular flexibility index (Phi) is 8.99. The summed E-state index contributed by atoms with van der Waals surface area (Å²) in [5.41, 5.74) is 0.127. The third-order valence-electron chi connectivity index (χ3n) is 4.33. The second-order valence-electron chi connectivity index (χ2n) is 6.66. The van der Waals surface area contributed by atoms with E-state index in [0.717, 1.165) is 25.8 Å². The van der Waals surface area contributed by atoms with Crippen LogP contribution < -0.4 is 5.32 Å². The van der Waals surface area contributed by atoms with Crippen LogP contribution in [0.4, 0.5) is 0 Å². The summed E-state index contributed by atoms with van der Waals surface area (Å²) in [6.45, 7) is 13.2. The number of sulfone groups is 1. The van der Waals surface area contributed by atoms with E-state index in [2.05, 4.69) is 33.0 Å². The average Bonchev–Trinajstić information content (AvgIpc) is 2.38. The lowest BCUT2D eigenvalue weighted by Crippen LogP contribution is -2.39. The van der Waals surface area contributed by atoms with E-state index in [0.29, 0.717) is 11.8 Å². The molecule has 0 spiro atoms. The maximum atomic E-state index is 12.1. The highest BCUT2D eigenvalue weighted by Gasteiger charge is 2.30. The molecule has 0 radical (unpaired) electrons. The highest BCUT2D eigenvalue weighted by atomic mass is 32.2. The van der Waals surface area contributed by atoms with Crippen molar-refractivity contribution in [1.29, 1.82) is 0 Å². The van der Waals surface area contributed by atoms with Crippen molar-refractivity contribution in [3.8, 4) is 0 Å². The molecule has 0 amide bonds. The molecule has 1 unspecified atom stereocenters. The van der Waals surface area contributed by atoms with Gasteiger partial charge in [-0.1, -0.05) is 40.5 Å². The smallest absolute Gasteiger partial charge is 0.152 e. The predicted octanol–water partition coefficient (Wildman–Crippen LogP) is 3.78. The maximum absolute atomic E-state index is 12.1. The van der Waals surface area contributed by atoms with Gasteiger partial charge in [0.2, 0.25) is 0 Å². The van der Waals surface area contributed by atoms with Crippen LogP contribution in [0.5, 0.6) is 0 Å². The van der Waals surface area contributed by atoms with E-state index in [1.54, 1.807) is 13.8 Å². The maximum Gasteiger partial charge on any atom is 0.152 e. The predicted molar refractivity (Wildman–Crippen MR) is 88.9 cm³/mol. The molecule has 0 fully saturated rings. The van der Waals surface area contributed by atoms with Gasteiger partial charge < -0.3 is 5.32 Å². The third-order valence-corrected chi connectivity index (χ3v) is 6.54. The van der Waals surface area contributed by atoms with Gasteiger partial charge in [-0.3, -0.25) is 0 Å². The Morgan fingerprint density at radius 2 is 1.65 bits per heavy atom. The van der Waals surface area contributed by atoms with Gasteiger partial charge in [-0.05, 0) is 38.5 Å². The van der Waals surface area contributed by atoms with Crippen molar-refractivity contribution in [2.75, 3.05) is 12.3 Å². The zero-order chi connectivity index (χ0) is 15.8. The monoisotopic (exact) mass is 305 g/mol. The first kappa shape index (κ1) is 19.9. The summed E-state index contributed by atoms with van der Waals surface area (Å²) in [5, 5.41) is 3.25. The van der Waals surface area contributed by atoms with Crippen molar-refractivity contribution in [3.63, 3.8) is 0 Å². The minimum Gasteiger partial charge on any atom is -0.314 e. The van der Waals surface area contributed by atoms with Crippen LogP contribution in [0.25, 0.3) is 0 Å². The molecular formula is C16H35NO2S. The third kappa shape index (κ3) is 7.07. The van der Waals surface area contributed by atoms with Crippen molar-refractivity contribution in [2.45, 2.75) is 84.9 Å². The molecule has 0 aromatic carbocycles. The number of nitrogens with one attached hydrogen (secondary N) is 1. The lowest BCUT2D eigenvalue weighted by Gasteiger charge is -2.34. The molecule has 3 nitrogen and oxygen atoms in total. The van der Waals surface area contributed by atoms with E-state index < -0.39 is 9.84 Å². The van der Waals surface area contributed by atoms with E-state index in [9.17, 15) is 8.42 Å². The SMILES string of the molecule is CCCCC(CC)(CCS(=O)(=O)C(C)C)CNC(C)C. The van der Waals surface area contributed by atoms with Gasteiger partial charge in [-0.25, -0.2) is 8.42 Å². The van der Waals surface area contributed by atoms with E-state index in [4.69, 9.17) is 0 Å². The molecule has 4 heteroatoms. The van der Waals surface area contributed by atoms with E-state index in [1.165, 1.54) is 12.8 Å². The van der Waals surface area contributed by atoms with Gasteiger partial charge in [0.25, 0.3) is 0 Å². The highest BCUT2D eigenvalue weighted by molar-refractivity contribution is 7.91. The molecule has 0 aromatic rings. The molecule has 122 valence electrons.